The van der Waals surface area contributed by atoms with Crippen LogP contribution in [0.1, 0.15) is 0 Å². The monoisotopic (exact) mass is 270 g/mol. The van der Waals surface area contributed by atoms with Crippen LogP contribution >= 0.6 is 22.6 Å². The topological polar surface area (TPSA) is 13.1 Å². The highest BCUT2D eigenvalue weighted by molar-refractivity contribution is 14.1. The highest BCUT2D eigenvalue weighted by Gasteiger charge is 2.02. The average molecular weight is 270 g/mol. The third-order valence-corrected chi connectivity index (χ3v) is 2.60. The molecule has 1 aromatic carbocycles. The fraction of sp³-hybridized carbons (Fsp3) is 0. The van der Waals surface area contributed by atoms with Gasteiger partial charge in [-0.05, 0) is 40.8 Å². The van der Waals surface area contributed by atoms with Crippen molar-refractivity contribution in [2.75, 3.05) is 0 Å². The Kier molecular flexibility index (Phi) is 2.17. The van der Waals surface area contributed by atoms with E-state index in [4.69, 9.17) is 4.42 Å². The molecular formula is C10H7IO. The highest BCUT2D eigenvalue weighted by atomic mass is 127. The molecule has 2 rings (SSSR count). The molecule has 0 N–H and O–H groups in total. The molecule has 0 atom stereocenters. The summed E-state index contributed by atoms with van der Waals surface area (Å²) in [6.45, 7) is 0. The standard InChI is InChI=1S/C10H7IO/c11-9-5-2-1-4-8(9)10-6-3-7-12-10/h1-7H. The maximum absolute atomic E-state index is 5.30. The summed E-state index contributed by atoms with van der Waals surface area (Å²) in [6.07, 6.45) is 1.69. The largest absolute Gasteiger partial charge is 0.464 e. The minimum atomic E-state index is 0.931. The van der Waals surface area contributed by atoms with E-state index in [1.165, 1.54) is 3.57 Å². The zero-order valence-electron chi connectivity index (χ0n) is 6.33. The van der Waals surface area contributed by atoms with Crippen molar-refractivity contribution in [3.8, 4) is 11.3 Å². The number of hydrogen-bond acceptors (Lipinski definition) is 1. The molecule has 60 valence electrons. The summed E-state index contributed by atoms with van der Waals surface area (Å²) < 4.78 is 6.51. The Hall–Kier alpha value is -0.770. The lowest BCUT2D eigenvalue weighted by Crippen LogP contribution is -1.77. The van der Waals surface area contributed by atoms with Crippen molar-refractivity contribution >= 4 is 22.6 Å². The van der Waals surface area contributed by atoms with E-state index < -0.39 is 0 Å². The minimum Gasteiger partial charge on any atom is -0.464 e. The van der Waals surface area contributed by atoms with Gasteiger partial charge in [-0.1, -0.05) is 18.2 Å². The van der Waals surface area contributed by atoms with Gasteiger partial charge in [0.2, 0.25) is 0 Å². The number of rotatable bonds is 1. The van der Waals surface area contributed by atoms with Crippen LogP contribution in [0.2, 0.25) is 0 Å². The maximum Gasteiger partial charge on any atom is 0.134 e. The van der Waals surface area contributed by atoms with E-state index in [1.807, 2.05) is 24.3 Å². The summed E-state index contributed by atoms with van der Waals surface area (Å²) in [5, 5.41) is 0. The molecule has 0 amide bonds. The molecular weight excluding hydrogens is 263 g/mol. The van der Waals surface area contributed by atoms with Crippen molar-refractivity contribution in [1.29, 1.82) is 0 Å². The SMILES string of the molecule is Ic1ccccc1-c1ccco1. The van der Waals surface area contributed by atoms with Crippen molar-refractivity contribution < 1.29 is 4.42 Å². The smallest absolute Gasteiger partial charge is 0.134 e. The van der Waals surface area contributed by atoms with Crippen molar-refractivity contribution in [2.45, 2.75) is 0 Å². The van der Waals surface area contributed by atoms with Crippen LogP contribution in [0.25, 0.3) is 11.3 Å². The van der Waals surface area contributed by atoms with Crippen molar-refractivity contribution in [3.05, 3.63) is 46.2 Å². The molecule has 0 fully saturated rings. The summed E-state index contributed by atoms with van der Waals surface area (Å²) in [4.78, 5) is 0. The predicted octanol–water partition coefficient (Wildman–Crippen LogP) is 3.55. The van der Waals surface area contributed by atoms with E-state index in [9.17, 15) is 0 Å². The molecule has 0 spiro atoms. The molecule has 12 heavy (non-hydrogen) atoms. The Morgan fingerprint density at radius 2 is 1.83 bits per heavy atom. The van der Waals surface area contributed by atoms with E-state index in [1.54, 1.807) is 6.26 Å². The van der Waals surface area contributed by atoms with Crippen LogP contribution in [0.5, 0.6) is 0 Å². The molecule has 0 unspecified atom stereocenters. The Labute approximate surface area is 84.5 Å². The van der Waals surface area contributed by atoms with Crippen LogP contribution < -0.4 is 0 Å². The number of hydrogen-bond donors (Lipinski definition) is 0. The minimum absolute atomic E-state index is 0.931. The Morgan fingerprint density at radius 1 is 1.00 bits per heavy atom. The Bertz CT molecular complexity index is 365. The van der Waals surface area contributed by atoms with Gasteiger partial charge in [0.15, 0.2) is 0 Å². The lowest BCUT2D eigenvalue weighted by Gasteiger charge is -1.98. The van der Waals surface area contributed by atoms with Gasteiger partial charge in [0.05, 0.1) is 6.26 Å². The van der Waals surface area contributed by atoms with Crippen molar-refractivity contribution in [3.63, 3.8) is 0 Å². The molecule has 1 heterocycles. The molecule has 0 saturated heterocycles. The Balaban J connectivity index is 2.55. The van der Waals surface area contributed by atoms with Gasteiger partial charge in [-0.15, -0.1) is 0 Å². The lowest BCUT2D eigenvalue weighted by atomic mass is 10.2. The second-order valence-corrected chi connectivity index (χ2v) is 3.62. The third-order valence-electron chi connectivity index (χ3n) is 1.66. The first-order valence-corrected chi connectivity index (χ1v) is 4.74. The second-order valence-electron chi connectivity index (χ2n) is 2.46. The quantitative estimate of drug-likeness (QED) is 0.722. The molecule has 2 heteroatoms. The lowest BCUT2D eigenvalue weighted by molar-refractivity contribution is 0.582. The number of furan rings is 1. The van der Waals surface area contributed by atoms with E-state index in [2.05, 4.69) is 34.7 Å². The average Bonchev–Trinajstić information content (AvgIpc) is 2.57. The fourth-order valence-electron chi connectivity index (χ4n) is 1.09. The van der Waals surface area contributed by atoms with Gasteiger partial charge in [-0.3, -0.25) is 0 Å². The summed E-state index contributed by atoms with van der Waals surface area (Å²) in [5.74, 6) is 0.931. The zero-order chi connectivity index (χ0) is 8.39. The molecule has 0 aliphatic heterocycles. The normalized spacial score (nSPS) is 10.1. The van der Waals surface area contributed by atoms with Gasteiger partial charge in [-0.25, -0.2) is 0 Å². The van der Waals surface area contributed by atoms with Gasteiger partial charge in [0.25, 0.3) is 0 Å². The molecule has 1 aromatic heterocycles. The molecule has 0 bridgehead atoms. The molecule has 0 aliphatic rings. The van der Waals surface area contributed by atoms with Crippen LogP contribution in [0, 0.1) is 3.57 Å². The van der Waals surface area contributed by atoms with Crippen LogP contribution in [-0.2, 0) is 0 Å². The van der Waals surface area contributed by atoms with Crippen LogP contribution in [0.15, 0.2) is 47.1 Å². The summed E-state index contributed by atoms with van der Waals surface area (Å²) in [5.41, 5.74) is 1.16. The second kappa shape index (κ2) is 3.31. The number of halogens is 1. The van der Waals surface area contributed by atoms with Gasteiger partial charge in [-0.2, -0.15) is 0 Å². The molecule has 1 nitrogen and oxygen atoms in total. The maximum atomic E-state index is 5.30. The van der Waals surface area contributed by atoms with Gasteiger partial charge in [0.1, 0.15) is 5.76 Å². The van der Waals surface area contributed by atoms with E-state index >= 15 is 0 Å². The molecule has 0 radical (unpaired) electrons. The fourth-order valence-corrected chi connectivity index (χ4v) is 1.75. The van der Waals surface area contributed by atoms with E-state index in [-0.39, 0.29) is 0 Å². The summed E-state index contributed by atoms with van der Waals surface area (Å²) in [6, 6.07) is 12.0. The van der Waals surface area contributed by atoms with E-state index in [0.717, 1.165) is 11.3 Å². The summed E-state index contributed by atoms with van der Waals surface area (Å²) >= 11 is 2.30. The number of benzene rings is 1. The molecule has 0 saturated carbocycles. The molecule has 2 aromatic rings. The van der Waals surface area contributed by atoms with Gasteiger partial charge < -0.3 is 4.42 Å². The van der Waals surface area contributed by atoms with Crippen molar-refractivity contribution in [1.82, 2.24) is 0 Å². The van der Waals surface area contributed by atoms with E-state index in [0.29, 0.717) is 0 Å². The first-order valence-electron chi connectivity index (χ1n) is 3.66. The predicted molar refractivity (Wildman–Crippen MR) is 56.9 cm³/mol. The summed E-state index contributed by atoms with van der Waals surface area (Å²) in [7, 11) is 0. The third kappa shape index (κ3) is 1.39. The highest BCUT2D eigenvalue weighted by Crippen LogP contribution is 2.24. The van der Waals surface area contributed by atoms with Gasteiger partial charge >= 0.3 is 0 Å². The first-order chi connectivity index (χ1) is 5.88. The molecule has 0 aliphatic carbocycles. The van der Waals surface area contributed by atoms with Crippen LogP contribution in [0.4, 0.5) is 0 Å². The van der Waals surface area contributed by atoms with Gasteiger partial charge in [0, 0.05) is 9.13 Å². The van der Waals surface area contributed by atoms with Crippen molar-refractivity contribution in [2.24, 2.45) is 0 Å². The van der Waals surface area contributed by atoms with Crippen LogP contribution in [0.3, 0.4) is 0 Å². The van der Waals surface area contributed by atoms with Crippen LogP contribution in [-0.4, -0.2) is 0 Å². The Morgan fingerprint density at radius 3 is 2.50 bits per heavy atom. The zero-order valence-corrected chi connectivity index (χ0v) is 8.49. The first kappa shape index (κ1) is 7.86.